The fourth-order valence-electron chi connectivity index (χ4n) is 2.47. The van der Waals surface area contributed by atoms with Gasteiger partial charge in [0.1, 0.15) is 0 Å². The standard InChI is InChI=1S/C19H21Cl2NO4S/c1-3-5-10-22(17-8-6-14(7-9-17)19(23)26-4-2)27(24,25)18-12-15(20)11-16(21)13-18/h6-9,11-13H,3-5,10H2,1-2H3. The number of unbranched alkanes of at least 4 members (excludes halogenated alkanes) is 1. The number of carbonyl (C=O) groups excluding carboxylic acids is 1. The van der Waals surface area contributed by atoms with E-state index in [0.29, 0.717) is 24.2 Å². The van der Waals surface area contributed by atoms with Gasteiger partial charge in [0.05, 0.1) is 22.8 Å². The molecular formula is C19H21Cl2NO4S. The van der Waals surface area contributed by atoms with Crippen LogP contribution in [0.5, 0.6) is 0 Å². The minimum Gasteiger partial charge on any atom is -0.462 e. The average molecular weight is 430 g/mol. The van der Waals surface area contributed by atoms with Crippen LogP contribution in [0.4, 0.5) is 5.69 Å². The molecule has 2 aromatic carbocycles. The highest BCUT2D eigenvalue weighted by Gasteiger charge is 2.25. The predicted octanol–water partition coefficient (Wildman–Crippen LogP) is 5.17. The summed E-state index contributed by atoms with van der Waals surface area (Å²) in [6.07, 6.45) is 1.50. The summed E-state index contributed by atoms with van der Waals surface area (Å²) in [6, 6.07) is 10.5. The summed E-state index contributed by atoms with van der Waals surface area (Å²) in [6.45, 7) is 4.27. The monoisotopic (exact) mass is 429 g/mol. The lowest BCUT2D eigenvalue weighted by atomic mass is 10.2. The SMILES string of the molecule is CCCCN(c1ccc(C(=O)OCC)cc1)S(=O)(=O)c1cc(Cl)cc(Cl)c1. The number of nitrogens with zero attached hydrogens (tertiary/aromatic N) is 1. The van der Waals surface area contributed by atoms with Crippen molar-refractivity contribution < 1.29 is 17.9 Å². The normalized spacial score (nSPS) is 11.3. The molecule has 0 atom stereocenters. The maximum Gasteiger partial charge on any atom is 0.338 e. The Balaban J connectivity index is 2.43. The number of esters is 1. The highest BCUT2D eigenvalue weighted by molar-refractivity contribution is 7.92. The van der Waals surface area contributed by atoms with E-state index in [2.05, 4.69) is 0 Å². The minimum atomic E-state index is -3.87. The molecule has 0 saturated carbocycles. The molecule has 0 aliphatic heterocycles. The molecule has 0 radical (unpaired) electrons. The maximum atomic E-state index is 13.2. The van der Waals surface area contributed by atoms with Crippen LogP contribution < -0.4 is 4.31 Å². The van der Waals surface area contributed by atoms with Gasteiger partial charge in [0, 0.05) is 16.6 Å². The maximum absolute atomic E-state index is 13.2. The lowest BCUT2D eigenvalue weighted by Gasteiger charge is -2.25. The Morgan fingerprint density at radius 2 is 1.63 bits per heavy atom. The van der Waals surface area contributed by atoms with Gasteiger partial charge in [-0.15, -0.1) is 0 Å². The van der Waals surface area contributed by atoms with Gasteiger partial charge in [-0.2, -0.15) is 0 Å². The molecule has 0 aliphatic rings. The van der Waals surface area contributed by atoms with Crippen molar-refractivity contribution in [1.82, 2.24) is 0 Å². The van der Waals surface area contributed by atoms with E-state index in [0.717, 1.165) is 6.42 Å². The van der Waals surface area contributed by atoms with Crippen LogP contribution in [0.2, 0.25) is 10.0 Å². The highest BCUT2D eigenvalue weighted by atomic mass is 35.5. The van der Waals surface area contributed by atoms with Gasteiger partial charge in [0.25, 0.3) is 10.0 Å². The zero-order valence-electron chi connectivity index (χ0n) is 15.1. The molecule has 2 aromatic rings. The molecule has 2 rings (SSSR count). The number of hydrogen-bond acceptors (Lipinski definition) is 4. The van der Waals surface area contributed by atoms with Crippen LogP contribution in [0.15, 0.2) is 47.4 Å². The predicted molar refractivity (Wildman–Crippen MR) is 108 cm³/mol. The Hall–Kier alpha value is -1.76. The number of halogens is 2. The van der Waals surface area contributed by atoms with E-state index in [-0.39, 0.29) is 21.5 Å². The van der Waals surface area contributed by atoms with Crippen LogP contribution in [0, 0.1) is 0 Å². The molecule has 0 fully saturated rings. The third kappa shape index (κ3) is 5.37. The van der Waals surface area contributed by atoms with Crippen molar-refractivity contribution in [2.24, 2.45) is 0 Å². The molecule has 0 amide bonds. The average Bonchev–Trinajstić information content (AvgIpc) is 2.62. The molecule has 27 heavy (non-hydrogen) atoms. The summed E-state index contributed by atoms with van der Waals surface area (Å²) in [4.78, 5) is 11.8. The van der Waals surface area contributed by atoms with E-state index in [1.54, 1.807) is 31.2 Å². The molecule has 0 saturated heterocycles. The molecule has 0 spiro atoms. The number of benzene rings is 2. The van der Waals surface area contributed by atoms with Gasteiger partial charge in [-0.05, 0) is 55.8 Å². The largest absolute Gasteiger partial charge is 0.462 e. The molecule has 0 aliphatic carbocycles. The topological polar surface area (TPSA) is 63.7 Å². The number of carbonyl (C=O) groups is 1. The van der Waals surface area contributed by atoms with Crippen molar-refractivity contribution in [2.45, 2.75) is 31.6 Å². The number of ether oxygens (including phenoxy) is 1. The summed E-state index contributed by atoms with van der Waals surface area (Å²) in [5.41, 5.74) is 0.812. The van der Waals surface area contributed by atoms with E-state index in [9.17, 15) is 13.2 Å². The van der Waals surface area contributed by atoms with E-state index >= 15 is 0 Å². The van der Waals surface area contributed by atoms with Crippen molar-refractivity contribution >= 4 is 44.9 Å². The van der Waals surface area contributed by atoms with Gasteiger partial charge < -0.3 is 4.74 Å². The number of sulfonamides is 1. The highest BCUT2D eigenvalue weighted by Crippen LogP contribution is 2.29. The zero-order valence-corrected chi connectivity index (χ0v) is 17.4. The second-order valence-corrected chi connectivity index (χ2v) is 8.54. The van der Waals surface area contributed by atoms with E-state index in [4.69, 9.17) is 27.9 Å². The van der Waals surface area contributed by atoms with Crippen molar-refractivity contribution in [2.75, 3.05) is 17.5 Å². The number of hydrogen-bond donors (Lipinski definition) is 0. The van der Waals surface area contributed by atoms with Crippen LogP contribution in [0.25, 0.3) is 0 Å². The van der Waals surface area contributed by atoms with Crippen LogP contribution >= 0.6 is 23.2 Å². The first-order valence-corrected chi connectivity index (χ1v) is 10.7. The van der Waals surface area contributed by atoms with Crippen LogP contribution in [-0.4, -0.2) is 27.5 Å². The molecular weight excluding hydrogens is 409 g/mol. The van der Waals surface area contributed by atoms with Crippen molar-refractivity contribution in [3.63, 3.8) is 0 Å². The first-order valence-electron chi connectivity index (χ1n) is 8.55. The summed E-state index contributed by atoms with van der Waals surface area (Å²) in [7, 11) is -3.87. The molecule has 146 valence electrons. The molecule has 8 heteroatoms. The minimum absolute atomic E-state index is 0.0190. The van der Waals surface area contributed by atoms with Crippen molar-refractivity contribution in [1.29, 1.82) is 0 Å². The number of anilines is 1. The van der Waals surface area contributed by atoms with Crippen LogP contribution in [0.3, 0.4) is 0 Å². The third-order valence-electron chi connectivity index (χ3n) is 3.81. The molecule has 0 heterocycles. The van der Waals surface area contributed by atoms with Gasteiger partial charge >= 0.3 is 5.97 Å². The molecule has 0 unspecified atom stereocenters. The fraction of sp³-hybridized carbons (Fsp3) is 0.316. The fourth-order valence-corrected chi connectivity index (χ4v) is 4.70. The summed E-state index contributed by atoms with van der Waals surface area (Å²) in [5, 5.41) is 0.489. The van der Waals surface area contributed by atoms with Crippen molar-refractivity contribution in [3.05, 3.63) is 58.1 Å². The second kappa shape index (κ2) is 9.44. The summed E-state index contributed by atoms with van der Waals surface area (Å²) >= 11 is 12.0. The zero-order chi connectivity index (χ0) is 20.0. The van der Waals surface area contributed by atoms with Gasteiger partial charge in [0.2, 0.25) is 0 Å². The van der Waals surface area contributed by atoms with E-state index < -0.39 is 16.0 Å². The van der Waals surface area contributed by atoms with E-state index in [1.807, 2.05) is 6.92 Å². The van der Waals surface area contributed by atoms with Gasteiger partial charge in [-0.1, -0.05) is 36.5 Å². The first kappa shape index (κ1) is 21.5. The summed E-state index contributed by atoms with van der Waals surface area (Å²) in [5.74, 6) is -0.450. The Morgan fingerprint density at radius 1 is 1.04 bits per heavy atom. The Morgan fingerprint density at radius 3 is 2.15 bits per heavy atom. The third-order valence-corrected chi connectivity index (χ3v) is 6.05. The Bertz CT molecular complexity index is 878. The van der Waals surface area contributed by atoms with Crippen molar-refractivity contribution in [3.8, 4) is 0 Å². The van der Waals surface area contributed by atoms with Gasteiger partial charge in [-0.25, -0.2) is 13.2 Å². The first-order chi connectivity index (χ1) is 12.8. The quantitative estimate of drug-likeness (QED) is 0.543. The van der Waals surface area contributed by atoms with E-state index in [1.165, 1.54) is 22.5 Å². The molecule has 0 aromatic heterocycles. The van der Waals surface area contributed by atoms with Gasteiger partial charge in [0.15, 0.2) is 0 Å². The Kier molecular flexibility index (Phi) is 7.53. The second-order valence-electron chi connectivity index (χ2n) is 5.80. The Labute approximate surface area is 169 Å². The molecule has 5 nitrogen and oxygen atoms in total. The molecule has 0 bridgehead atoms. The summed E-state index contributed by atoms with van der Waals surface area (Å²) < 4.78 is 32.6. The van der Waals surface area contributed by atoms with Crippen LogP contribution in [-0.2, 0) is 14.8 Å². The molecule has 0 N–H and O–H groups in total. The lowest BCUT2D eigenvalue weighted by molar-refractivity contribution is 0.0526. The smallest absolute Gasteiger partial charge is 0.338 e. The lowest BCUT2D eigenvalue weighted by Crippen LogP contribution is -2.32. The van der Waals surface area contributed by atoms with Gasteiger partial charge in [-0.3, -0.25) is 4.31 Å². The van der Waals surface area contributed by atoms with Crippen LogP contribution in [0.1, 0.15) is 37.0 Å². The number of rotatable bonds is 8.